The van der Waals surface area contributed by atoms with Crippen molar-refractivity contribution in [3.8, 4) is 11.3 Å². The fraction of sp³-hybridized carbons (Fsp3) is 0.419. The first-order chi connectivity index (χ1) is 19.1. The first-order valence-electron chi connectivity index (χ1n) is 14.3. The van der Waals surface area contributed by atoms with Crippen molar-refractivity contribution in [2.24, 2.45) is 5.92 Å². The Morgan fingerprint density at radius 1 is 0.974 bits per heavy atom. The normalized spacial score (nSPS) is 23.8. The molecule has 39 heavy (non-hydrogen) atoms. The molecule has 2 aromatic carbocycles. The zero-order valence-corrected chi connectivity index (χ0v) is 22.0. The molecule has 2 aliphatic heterocycles. The van der Waals surface area contributed by atoms with Crippen molar-refractivity contribution >= 4 is 22.5 Å². The van der Waals surface area contributed by atoms with Gasteiger partial charge in [0.05, 0.1) is 23.4 Å². The van der Waals surface area contributed by atoms with Crippen LogP contribution >= 0.6 is 0 Å². The number of H-pyrrole nitrogens is 1. The maximum Gasteiger partial charge on any atom is 0.251 e. The summed E-state index contributed by atoms with van der Waals surface area (Å²) in [5.74, 6) is 0.910. The summed E-state index contributed by atoms with van der Waals surface area (Å²) in [6.07, 6.45) is 11.8. The molecule has 2 bridgehead atoms. The monoisotopic (exact) mass is 522 g/mol. The van der Waals surface area contributed by atoms with Crippen LogP contribution < -0.4 is 10.2 Å². The topological polar surface area (TPSA) is 107 Å². The van der Waals surface area contributed by atoms with Gasteiger partial charge >= 0.3 is 0 Å². The zero-order valence-electron chi connectivity index (χ0n) is 22.0. The van der Waals surface area contributed by atoms with Crippen LogP contribution in [0.2, 0.25) is 0 Å². The third-order valence-electron chi connectivity index (χ3n) is 8.99. The number of nitrogens with one attached hydrogen (secondary N) is 2. The summed E-state index contributed by atoms with van der Waals surface area (Å²) >= 11 is 0. The Balaban J connectivity index is 1.14. The van der Waals surface area contributed by atoms with Gasteiger partial charge < -0.3 is 15.3 Å². The Kier molecular flexibility index (Phi) is 6.27. The van der Waals surface area contributed by atoms with E-state index < -0.39 is 0 Å². The Labute approximate surface area is 227 Å². The van der Waals surface area contributed by atoms with Gasteiger partial charge in [-0.25, -0.2) is 9.97 Å². The highest BCUT2D eigenvalue weighted by atomic mass is 16.3. The Morgan fingerprint density at radius 2 is 1.69 bits per heavy atom. The van der Waals surface area contributed by atoms with Crippen LogP contribution in [0.3, 0.4) is 0 Å². The number of carbonyl (C=O) groups excluding carboxylic acids is 1. The highest BCUT2D eigenvalue weighted by Gasteiger charge is 2.40. The molecule has 200 valence electrons. The number of aromatic amines is 1. The number of benzene rings is 2. The van der Waals surface area contributed by atoms with Gasteiger partial charge in [-0.1, -0.05) is 25.0 Å². The van der Waals surface area contributed by atoms with Crippen molar-refractivity contribution in [1.29, 1.82) is 0 Å². The highest BCUT2D eigenvalue weighted by molar-refractivity contribution is 6.01. The lowest BCUT2D eigenvalue weighted by Crippen LogP contribution is -2.44. The van der Waals surface area contributed by atoms with E-state index in [1.165, 1.54) is 18.5 Å². The molecule has 3 fully saturated rings. The van der Waals surface area contributed by atoms with Crippen LogP contribution in [-0.4, -0.2) is 49.4 Å². The van der Waals surface area contributed by atoms with Crippen molar-refractivity contribution in [3.05, 3.63) is 72.3 Å². The molecule has 8 heteroatoms. The van der Waals surface area contributed by atoms with E-state index >= 15 is 0 Å². The van der Waals surface area contributed by atoms with E-state index in [1.54, 1.807) is 18.5 Å². The van der Waals surface area contributed by atoms with Gasteiger partial charge in [-0.15, -0.1) is 0 Å². The standard InChI is InChI=1S/C31H34N6O2/c38-25-17-23-11-12-24(18-25)37(23)22-9-6-20(7-10-22)28-26-16-21(8-13-27(26)35-36-28)31(39)34-29(19-4-1-2-5-19)30-32-14-3-15-33-30/h3,6-10,13-16,19,23-25,29,38H,1-2,4-5,11-12,17-18H2,(H,34,39)(H,35,36)/t23?,24?,25?,29-/m0/s1. The molecule has 8 nitrogen and oxygen atoms in total. The fourth-order valence-corrected chi connectivity index (χ4v) is 7.12. The molecule has 1 aliphatic carbocycles. The third-order valence-corrected chi connectivity index (χ3v) is 8.99. The van der Waals surface area contributed by atoms with Crippen LogP contribution in [0.5, 0.6) is 0 Å². The number of rotatable bonds is 6. The second-order valence-electron chi connectivity index (χ2n) is 11.4. The summed E-state index contributed by atoms with van der Waals surface area (Å²) in [4.78, 5) is 24.9. The Hall–Kier alpha value is -3.78. The van der Waals surface area contributed by atoms with Gasteiger partial charge in [-0.2, -0.15) is 5.10 Å². The van der Waals surface area contributed by atoms with E-state index in [0.717, 1.165) is 60.7 Å². The van der Waals surface area contributed by atoms with Crippen molar-refractivity contribution < 1.29 is 9.90 Å². The van der Waals surface area contributed by atoms with Crippen molar-refractivity contribution in [2.45, 2.75) is 75.6 Å². The molecule has 3 N–H and O–H groups in total. The maximum absolute atomic E-state index is 13.5. The molecule has 4 aromatic rings. The quantitative estimate of drug-likeness (QED) is 0.322. The van der Waals surface area contributed by atoms with Gasteiger partial charge in [0.25, 0.3) is 5.91 Å². The predicted octanol–water partition coefficient (Wildman–Crippen LogP) is 5.17. The largest absolute Gasteiger partial charge is 0.393 e. The number of hydrogen-bond donors (Lipinski definition) is 3. The number of hydrogen-bond acceptors (Lipinski definition) is 6. The molecule has 1 amide bonds. The molecular weight excluding hydrogens is 488 g/mol. The minimum absolute atomic E-state index is 0.119. The SMILES string of the molecule is O=C(N[C@H](c1ncccn1)C1CCCC1)c1ccc2[nH]nc(-c3ccc(N4C5CCC4CC(O)C5)cc3)c2c1. The summed E-state index contributed by atoms with van der Waals surface area (Å²) < 4.78 is 0. The lowest BCUT2D eigenvalue weighted by atomic mass is 9.96. The molecule has 2 unspecified atom stereocenters. The van der Waals surface area contributed by atoms with Crippen molar-refractivity contribution in [3.63, 3.8) is 0 Å². The van der Waals surface area contributed by atoms with Crippen LogP contribution in [0.25, 0.3) is 22.2 Å². The van der Waals surface area contributed by atoms with Crippen LogP contribution in [0.4, 0.5) is 5.69 Å². The van der Waals surface area contributed by atoms with Gasteiger partial charge in [0, 0.05) is 46.7 Å². The van der Waals surface area contributed by atoms with E-state index in [-0.39, 0.29) is 18.1 Å². The van der Waals surface area contributed by atoms with Crippen LogP contribution in [0.15, 0.2) is 60.9 Å². The van der Waals surface area contributed by atoms with Gasteiger partial charge in [0.15, 0.2) is 5.82 Å². The smallest absolute Gasteiger partial charge is 0.251 e. The second-order valence-corrected chi connectivity index (χ2v) is 11.4. The summed E-state index contributed by atoms with van der Waals surface area (Å²) in [5, 5.41) is 22.1. The number of carbonyl (C=O) groups is 1. The molecule has 7 rings (SSSR count). The van der Waals surface area contributed by atoms with Gasteiger partial charge in [0.1, 0.15) is 0 Å². The maximum atomic E-state index is 13.5. The predicted molar refractivity (Wildman–Crippen MR) is 150 cm³/mol. The molecule has 1 saturated carbocycles. The van der Waals surface area contributed by atoms with E-state index in [4.69, 9.17) is 0 Å². The van der Waals surface area contributed by atoms with Crippen LogP contribution in [0.1, 0.15) is 73.6 Å². The zero-order chi connectivity index (χ0) is 26.3. The minimum Gasteiger partial charge on any atom is -0.393 e. The first kappa shape index (κ1) is 24.3. The second kappa shape index (κ2) is 10.1. The molecule has 0 spiro atoms. The number of aromatic nitrogens is 4. The first-order valence-corrected chi connectivity index (χ1v) is 14.3. The van der Waals surface area contributed by atoms with E-state index in [9.17, 15) is 9.90 Å². The summed E-state index contributed by atoms with van der Waals surface area (Å²) in [6, 6.07) is 16.7. The molecule has 3 aliphatic rings. The van der Waals surface area contributed by atoms with Crippen molar-refractivity contribution in [2.75, 3.05) is 4.90 Å². The number of piperidine rings is 1. The molecular formula is C31H34N6O2. The number of nitrogens with zero attached hydrogens (tertiary/aromatic N) is 4. The number of anilines is 1. The molecule has 2 aromatic heterocycles. The lowest BCUT2D eigenvalue weighted by molar-refractivity contribution is 0.0919. The van der Waals surface area contributed by atoms with E-state index in [0.29, 0.717) is 29.4 Å². The molecule has 0 radical (unpaired) electrons. The minimum atomic E-state index is -0.195. The highest BCUT2D eigenvalue weighted by Crippen LogP contribution is 2.40. The van der Waals surface area contributed by atoms with E-state index in [2.05, 4.69) is 54.6 Å². The average Bonchev–Trinajstić information content (AvgIpc) is 3.70. The number of fused-ring (bicyclic) bond motifs is 3. The summed E-state index contributed by atoms with van der Waals surface area (Å²) in [6.45, 7) is 0. The number of aliphatic hydroxyl groups excluding tert-OH is 1. The molecule has 4 heterocycles. The van der Waals surface area contributed by atoms with Gasteiger partial charge in [0.2, 0.25) is 0 Å². The van der Waals surface area contributed by atoms with Gasteiger partial charge in [-0.3, -0.25) is 9.89 Å². The van der Waals surface area contributed by atoms with Crippen LogP contribution in [-0.2, 0) is 0 Å². The molecule has 2 saturated heterocycles. The van der Waals surface area contributed by atoms with Crippen LogP contribution in [0, 0.1) is 5.92 Å². The number of amides is 1. The number of aliphatic hydroxyl groups is 1. The Bertz CT molecular complexity index is 1450. The van der Waals surface area contributed by atoms with Crippen molar-refractivity contribution in [1.82, 2.24) is 25.5 Å². The molecule has 3 atom stereocenters. The summed E-state index contributed by atoms with van der Waals surface area (Å²) in [7, 11) is 0. The fourth-order valence-electron chi connectivity index (χ4n) is 7.12. The van der Waals surface area contributed by atoms with E-state index in [1.807, 2.05) is 18.2 Å². The average molecular weight is 523 g/mol. The summed E-state index contributed by atoms with van der Waals surface area (Å²) in [5.41, 5.74) is 4.55. The van der Waals surface area contributed by atoms with Gasteiger partial charge in [-0.05, 0) is 80.8 Å². The third kappa shape index (κ3) is 4.56. The lowest BCUT2D eigenvalue weighted by Gasteiger charge is -2.39. The Morgan fingerprint density at radius 3 is 2.41 bits per heavy atom.